The average Bonchev–Trinajstić information content (AvgIpc) is 3.07. The first kappa shape index (κ1) is 19.2. The molecule has 0 fully saturated rings. The molecule has 0 atom stereocenters. The van der Waals surface area contributed by atoms with Gasteiger partial charge in [-0.2, -0.15) is 14.9 Å². The van der Waals surface area contributed by atoms with E-state index in [-0.39, 0.29) is 5.69 Å². The summed E-state index contributed by atoms with van der Waals surface area (Å²) in [6.07, 6.45) is 4.72. The van der Waals surface area contributed by atoms with Crippen LogP contribution in [0.3, 0.4) is 0 Å². The number of hydrogen-bond donors (Lipinski definition) is 1. The second-order valence-corrected chi connectivity index (χ2v) is 5.95. The van der Waals surface area contributed by atoms with Crippen LogP contribution in [0.25, 0.3) is 17.5 Å². The van der Waals surface area contributed by atoms with Crippen LogP contribution in [-0.4, -0.2) is 32.6 Å². The van der Waals surface area contributed by atoms with E-state index in [0.717, 1.165) is 11.3 Å². The molecule has 0 saturated carbocycles. The maximum Gasteiger partial charge on any atom is 0.276 e. The number of aromatic nitrogens is 3. The number of para-hydroxylation sites is 1. The molecule has 1 N–H and O–H groups in total. The van der Waals surface area contributed by atoms with E-state index in [1.54, 1.807) is 30.4 Å². The van der Waals surface area contributed by atoms with Crippen molar-refractivity contribution in [3.05, 3.63) is 75.1 Å². The predicted molar refractivity (Wildman–Crippen MR) is 110 cm³/mol. The topological polar surface area (TPSA) is 98.3 Å². The van der Waals surface area contributed by atoms with Gasteiger partial charge in [0.1, 0.15) is 5.75 Å². The minimum Gasteiger partial charge on any atom is -0.494 e. The standard InChI is InChI=1S/C19H17N5O3S/c1-2-27-16-11-9-15(10-12-16)18-21-22-19(28)23(18)20-13-5-7-14-6-3-4-8-17(14)24(25)26/h3-13H,2H2,1H3,(H,22,28)/b7-5+,20-13-. The Morgan fingerprint density at radius 1 is 1.29 bits per heavy atom. The SMILES string of the molecule is CCOc1ccc(-c2n[nH]c(=S)n2/N=C\C=C\c2ccccc2[N+](=O)[O-])cc1. The summed E-state index contributed by atoms with van der Waals surface area (Å²) in [6, 6.07) is 13.9. The average molecular weight is 395 g/mol. The molecule has 0 amide bonds. The van der Waals surface area contributed by atoms with Crippen LogP contribution in [0, 0.1) is 14.9 Å². The molecule has 1 heterocycles. The Labute approximate surface area is 165 Å². The summed E-state index contributed by atoms with van der Waals surface area (Å²) in [4.78, 5) is 10.6. The van der Waals surface area contributed by atoms with Crippen LogP contribution in [0.4, 0.5) is 5.69 Å². The molecule has 0 unspecified atom stereocenters. The first-order valence-corrected chi connectivity index (χ1v) is 8.86. The van der Waals surface area contributed by atoms with Crippen LogP contribution in [0.15, 0.2) is 59.7 Å². The summed E-state index contributed by atoms with van der Waals surface area (Å²) in [5.41, 5.74) is 1.33. The fourth-order valence-corrected chi connectivity index (χ4v) is 2.68. The van der Waals surface area contributed by atoms with Gasteiger partial charge in [-0.1, -0.05) is 12.1 Å². The molecule has 8 nitrogen and oxygen atoms in total. The molecule has 0 radical (unpaired) electrons. The third kappa shape index (κ3) is 4.38. The molecule has 1 aromatic heterocycles. The van der Waals surface area contributed by atoms with Gasteiger partial charge in [0.15, 0.2) is 5.82 Å². The minimum absolute atomic E-state index is 0.0298. The van der Waals surface area contributed by atoms with Crippen molar-refractivity contribution in [1.29, 1.82) is 0 Å². The molecule has 0 aliphatic rings. The number of nitrogens with one attached hydrogen (secondary N) is 1. The van der Waals surface area contributed by atoms with Crippen molar-refractivity contribution < 1.29 is 9.66 Å². The van der Waals surface area contributed by atoms with Crippen LogP contribution in [0.2, 0.25) is 0 Å². The van der Waals surface area contributed by atoms with Crippen LogP contribution in [-0.2, 0) is 0 Å². The van der Waals surface area contributed by atoms with Crippen molar-refractivity contribution in [3.8, 4) is 17.1 Å². The molecule has 9 heteroatoms. The number of aromatic amines is 1. The lowest BCUT2D eigenvalue weighted by molar-refractivity contribution is -0.385. The highest BCUT2D eigenvalue weighted by Crippen LogP contribution is 2.21. The summed E-state index contributed by atoms with van der Waals surface area (Å²) >= 11 is 5.23. The third-order valence-corrected chi connectivity index (χ3v) is 4.02. The van der Waals surface area contributed by atoms with Crippen LogP contribution >= 0.6 is 12.2 Å². The maximum atomic E-state index is 11.1. The van der Waals surface area contributed by atoms with Gasteiger partial charge in [-0.05, 0) is 61.6 Å². The van der Waals surface area contributed by atoms with E-state index in [1.165, 1.54) is 17.0 Å². The van der Waals surface area contributed by atoms with Crippen molar-refractivity contribution in [2.75, 3.05) is 6.61 Å². The summed E-state index contributed by atoms with van der Waals surface area (Å²) in [6.45, 7) is 2.51. The molecule has 0 saturated heterocycles. The number of hydrogen-bond acceptors (Lipinski definition) is 6. The van der Waals surface area contributed by atoms with Gasteiger partial charge in [0.05, 0.1) is 17.1 Å². The Kier molecular flexibility index (Phi) is 6.07. The number of allylic oxidation sites excluding steroid dienone is 1. The lowest BCUT2D eigenvalue weighted by atomic mass is 10.2. The zero-order chi connectivity index (χ0) is 19.9. The van der Waals surface area contributed by atoms with E-state index in [9.17, 15) is 10.1 Å². The summed E-state index contributed by atoms with van der Waals surface area (Å²) < 4.78 is 7.25. The van der Waals surface area contributed by atoms with Gasteiger partial charge >= 0.3 is 0 Å². The Bertz CT molecular complexity index is 1080. The molecule has 3 aromatic rings. The van der Waals surface area contributed by atoms with Crippen LogP contribution < -0.4 is 4.74 Å². The first-order chi connectivity index (χ1) is 13.6. The fourth-order valence-electron chi connectivity index (χ4n) is 2.50. The number of ether oxygens (including phenoxy) is 1. The zero-order valence-corrected chi connectivity index (χ0v) is 15.8. The van der Waals surface area contributed by atoms with Gasteiger partial charge in [-0.15, -0.1) is 0 Å². The van der Waals surface area contributed by atoms with Crippen LogP contribution in [0.1, 0.15) is 12.5 Å². The highest BCUT2D eigenvalue weighted by atomic mass is 32.1. The van der Waals surface area contributed by atoms with E-state index in [1.807, 2.05) is 31.2 Å². The highest BCUT2D eigenvalue weighted by Gasteiger charge is 2.09. The minimum atomic E-state index is -0.424. The lowest BCUT2D eigenvalue weighted by Gasteiger charge is -2.04. The molecular formula is C19H17N5O3S. The summed E-state index contributed by atoms with van der Waals surface area (Å²) in [7, 11) is 0. The third-order valence-electron chi connectivity index (χ3n) is 3.75. The molecular weight excluding hydrogens is 378 g/mol. The van der Waals surface area contributed by atoms with Gasteiger partial charge in [-0.3, -0.25) is 10.1 Å². The van der Waals surface area contributed by atoms with Gasteiger partial charge in [0, 0.05) is 17.8 Å². The second kappa shape index (κ2) is 8.87. The van der Waals surface area contributed by atoms with E-state index in [2.05, 4.69) is 15.3 Å². The van der Waals surface area contributed by atoms with Crippen molar-refractivity contribution >= 4 is 30.2 Å². The molecule has 0 bridgehead atoms. The van der Waals surface area contributed by atoms with Crippen molar-refractivity contribution in [2.45, 2.75) is 6.92 Å². The Hall–Kier alpha value is -3.59. The molecule has 28 heavy (non-hydrogen) atoms. The van der Waals surface area contributed by atoms with E-state index >= 15 is 0 Å². The quantitative estimate of drug-likeness (QED) is 0.276. The van der Waals surface area contributed by atoms with Gasteiger partial charge < -0.3 is 4.74 Å². The summed E-state index contributed by atoms with van der Waals surface area (Å²) in [5, 5.41) is 22.3. The predicted octanol–water partition coefficient (Wildman–Crippen LogP) is 4.46. The summed E-state index contributed by atoms with van der Waals surface area (Å²) in [5.74, 6) is 1.31. The number of nitro groups is 1. The Balaban J connectivity index is 1.83. The number of nitrogens with zero attached hydrogens (tertiary/aromatic N) is 4. The zero-order valence-electron chi connectivity index (χ0n) is 15.0. The molecule has 0 aliphatic heterocycles. The Morgan fingerprint density at radius 3 is 2.75 bits per heavy atom. The number of nitro benzene ring substituents is 1. The van der Waals surface area contributed by atoms with Crippen molar-refractivity contribution in [1.82, 2.24) is 14.9 Å². The van der Waals surface area contributed by atoms with E-state index < -0.39 is 4.92 Å². The van der Waals surface area contributed by atoms with E-state index in [4.69, 9.17) is 17.0 Å². The Morgan fingerprint density at radius 2 is 2.04 bits per heavy atom. The molecule has 0 spiro atoms. The normalized spacial score (nSPS) is 11.3. The molecule has 2 aromatic carbocycles. The number of H-pyrrole nitrogens is 1. The van der Waals surface area contributed by atoms with Gasteiger partial charge in [-0.25, -0.2) is 5.10 Å². The molecule has 142 valence electrons. The monoisotopic (exact) mass is 395 g/mol. The fraction of sp³-hybridized carbons (Fsp3) is 0.105. The number of benzene rings is 2. The van der Waals surface area contributed by atoms with Gasteiger partial charge in [0.2, 0.25) is 4.77 Å². The maximum absolute atomic E-state index is 11.1. The largest absolute Gasteiger partial charge is 0.494 e. The van der Waals surface area contributed by atoms with E-state index in [0.29, 0.717) is 22.8 Å². The van der Waals surface area contributed by atoms with Crippen molar-refractivity contribution in [2.24, 2.45) is 5.10 Å². The first-order valence-electron chi connectivity index (χ1n) is 8.45. The smallest absolute Gasteiger partial charge is 0.276 e. The second-order valence-electron chi connectivity index (χ2n) is 5.56. The lowest BCUT2D eigenvalue weighted by Crippen LogP contribution is -1.95. The molecule has 3 rings (SSSR count). The molecule has 0 aliphatic carbocycles. The van der Waals surface area contributed by atoms with Gasteiger partial charge in [0.25, 0.3) is 5.69 Å². The number of rotatable bonds is 7. The van der Waals surface area contributed by atoms with Crippen LogP contribution in [0.5, 0.6) is 5.75 Å². The highest BCUT2D eigenvalue weighted by molar-refractivity contribution is 7.71. The van der Waals surface area contributed by atoms with Crippen molar-refractivity contribution in [3.63, 3.8) is 0 Å².